The molecule has 2 aromatic carbocycles. The van der Waals surface area contributed by atoms with Crippen LogP contribution in [0.25, 0.3) is 11.1 Å². The molecule has 2 heterocycles. The van der Waals surface area contributed by atoms with Crippen molar-refractivity contribution in [1.82, 2.24) is 5.43 Å². The number of carbonyl (C=O) groups is 1. The number of benzene rings is 2. The zero-order chi connectivity index (χ0) is 21.8. The lowest BCUT2D eigenvalue weighted by Crippen LogP contribution is -2.55. The lowest BCUT2D eigenvalue weighted by atomic mass is 9.91. The van der Waals surface area contributed by atoms with Gasteiger partial charge in [-0.2, -0.15) is 18.3 Å². The molecule has 162 valence electrons. The Bertz CT molecular complexity index is 1080. The highest BCUT2D eigenvalue weighted by molar-refractivity contribution is 6.10. The minimum atomic E-state index is -4.49. The maximum Gasteiger partial charge on any atom is 0.417 e. The van der Waals surface area contributed by atoms with Crippen molar-refractivity contribution >= 4 is 23.1 Å². The summed E-state index contributed by atoms with van der Waals surface area (Å²) >= 11 is 0. The molecule has 2 N–H and O–H groups in total. The van der Waals surface area contributed by atoms with Crippen LogP contribution in [0.5, 0.6) is 5.75 Å². The van der Waals surface area contributed by atoms with E-state index >= 15 is 0 Å². The van der Waals surface area contributed by atoms with Gasteiger partial charge in [-0.1, -0.05) is 18.2 Å². The molecule has 1 aliphatic carbocycles. The third-order valence-corrected chi connectivity index (χ3v) is 6.04. The van der Waals surface area contributed by atoms with Crippen molar-refractivity contribution in [2.75, 3.05) is 16.8 Å². The van der Waals surface area contributed by atoms with Crippen molar-refractivity contribution in [3.05, 3.63) is 42.0 Å². The van der Waals surface area contributed by atoms with Gasteiger partial charge in [0, 0.05) is 17.3 Å². The van der Waals surface area contributed by atoms with E-state index in [1.807, 2.05) is 0 Å². The summed E-state index contributed by atoms with van der Waals surface area (Å²) in [6, 6.07) is 8.65. The Balaban J connectivity index is 1.68. The highest BCUT2D eigenvalue weighted by Gasteiger charge is 2.38. The molecule has 0 bridgehead atoms. The molecule has 0 spiro atoms. The number of nitrogens with zero attached hydrogens (tertiary/aromatic N) is 2. The number of hydrogen-bond acceptors (Lipinski definition) is 5. The van der Waals surface area contributed by atoms with E-state index in [0.29, 0.717) is 28.5 Å². The van der Waals surface area contributed by atoms with Gasteiger partial charge in [0.15, 0.2) is 5.84 Å². The van der Waals surface area contributed by atoms with Crippen molar-refractivity contribution in [1.29, 1.82) is 0 Å². The van der Waals surface area contributed by atoms with Gasteiger partial charge >= 0.3 is 6.18 Å². The Labute approximate surface area is 177 Å². The van der Waals surface area contributed by atoms with Crippen LogP contribution in [0, 0.1) is 0 Å². The predicted octanol–water partition coefficient (Wildman–Crippen LogP) is 4.37. The Morgan fingerprint density at radius 3 is 2.68 bits per heavy atom. The predicted molar refractivity (Wildman–Crippen MR) is 111 cm³/mol. The number of amidine groups is 1. The number of anilines is 2. The van der Waals surface area contributed by atoms with Crippen molar-refractivity contribution < 1.29 is 22.7 Å². The zero-order valence-electron chi connectivity index (χ0n) is 16.8. The summed E-state index contributed by atoms with van der Waals surface area (Å²) in [5, 5.41) is 7.48. The van der Waals surface area contributed by atoms with Gasteiger partial charge in [-0.05, 0) is 49.9 Å². The molecule has 1 fully saturated rings. The van der Waals surface area contributed by atoms with E-state index in [9.17, 15) is 18.0 Å². The molecule has 9 heteroatoms. The molecule has 1 atom stereocenters. The molecular formula is C22H21F3N4O2. The van der Waals surface area contributed by atoms with Gasteiger partial charge in [0.05, 0.1) is 11.3 Å². The van der Waals surface area contributed by atoms with Crippen LogP contribution in [-0.4, -0.2) is 30.4 Å². The minimum absolute atomic E-state index is 0.0899. The lowest BCUT2D eigenvalue weighted by Gasteiger charge is -2.39. The van der Waals surface area contributed by atoms with Crippen LogP contribution in [0.1, 0.15) is 31.7 Å². The molecule has 0 saturated heterocycles. The van der Waals surface area contributed by atoms with Crippen LogP contribution < -0.4 is 20.4 Å². The first-order valence-electron chi connectivity index (χ1n) is 10.2. The number of nitrogens with one attached hydrogen (secondary N) is 2. The number of alkyl halides is 3. The van der Waals surface area contributed by atoms with E-state index in [-0.39, 0.29) is 24.1 Å². The Morgan fingerprint density at radius 2 is 1.97 bits per heavy atom. The van der Waals surface area contributed by atoms with Gasteiger partial charge in [-0.15, -0.1) is 0 Å². The fraction of sp³-hybridized carbons (Fsp3) is 0.364. The smallest absolute Gasteiger partial charge is 0.417 e. The molecule has 6 nitrogen and oxygen atoms in total. The summed E-state index contributed by atoms with van der Waals surface area (Å²) < 4.78 is 47.1. The van der Waals surface area contributed by atoms with Gasteiger partial charge in [0.1, 0.15) is 18.4 Å². The van der Waals surface area contributed by atoms with Crippen LogP contribution in [0.15, 0.2) is 41.5 Å². The first-order valence-corrected chi connectivity index (χ1v) is 10.2. The number of rotatable bonds is 3. The molecule has 5 rings (SSSR count). The minimum Gasteiger partial charge on any atom is -0.483 e. The van der Waals surface area contributed by atoms with Crippen LogP contribution in [0.4, 0.5) is 24.5 Å². The van der Waals surface area contributed by atoms with E-state index in [1.54, 1.807) is 30.0 Å². The van der Waals surface area contributed by atoms with E-state index < -0.39 is 17.8 Å². The Morgan fingerprint density at radius 1 is 1.19 bits per heavy atom. The highest BCUT2D eigenvalue weighted by Crippen LogP contribution is 2.46. The summed E-state index contributed by atoms with van der Waals surface area (Å²) in [5.74, 6) is 0.723. The number of hydrazone groups is 1. The largest absolute Gasteiger partial charge is 0.483 e. The maximum atomic E-state index is 13.7. The fourth-order valence-electron chi connectivity index (χ4n) is 4.15. The normalized spacial score (nSPS) is 20.6. The van der Waals surface area contributed by atoms with Crippen LogP contribution in [0.3, 0.4) is 0 Å². The quantitative estimate of drug-likeness (QED) is 0.759. The fourth-order valence-corrected chi connectivity index (χ4v) is 4.15. The van der Waals surface area contributed by atoms with Crippen LogP contribution >= 0.6 is 0 Å². The molecule has 1 saturated carbocycles. The number of carbonyl (C=O) groups excluding carboxylic acids is 1. The van der Waals surface area contributed by atoms with E-state index in [4.69, 9.17) is 4.74 Å². The number of halogens is 3. The molecule has 2 aromatic rings. The van der Waals surface area contributed by atoms with Gasteiger partial charge in [-0.3, -0.25) is 4.79 Å². The van der Waals surface area contributed by atoms with Gasteiger partial charge in [-0.25, -0.2) is 5.43 Å². The van der Waals surface area contributed by atoms with Crippen molar-refractivity contribution in [2.24, 2.45) is 5.10 Å². The average molecular weight is 430 g/mol. The monoisotopic (exact) mass is 430 g/mol. The van der Waals surface area contributed by atoms with Gasteiger partial charge < -0.3 is 15.0 Å². The first kappa shape index (κ1) is 19.7. The number of amides is 1. The second-order valence-electron chi connectivity index (χ2n) is 8.02. The van der Waals surface area contributed by atoms with Crippen molar-refractivity contribution in [2.45, 2.75) is 44.4 Å². The van der Waals surface area contributed by atoms with Gasteiger partial charge in [0.25, 0.3) is 5.91 Å². The van der Waals surface area contributed by atoms with Crippen LogP contribution in [-0.2, 0) is 11.0 Å². The van der Waals surface area contributed by atoms with Crippen molar-refractivity contribution in [3.63, 3.8) is 0 Å². The summed E-state index contributed by atoms with van der Waals surface area (Å²) in [6.45, 7) is 1.87. The van der Waals surface area contributed by atoms with Crippen molar-refractivity contribution in [3.8, 4) is 16.9 Å². The molecule has 0 radical (unpaired) electrons. The lowest BCUT2D eigenvalue weighted by molar-refractivity contribution is -0.137. The standard InChI is InChI=1S/C22H21F3N4O2/c1-12-21(30)28-27-20-11-31-19-9-15(14-7-2-3-8-16(14)22(23,24)25)17(10-18(19)29(12)20)26-13-5-4-6-13/h2-3,7-10,12-13,26H,4-6,11H2,1H3,(H,28,30). The first-order chi connectivity index (χ1) is 14.8. The summed E-state index contributed by atoms with van der Waals surface area (Å²) in [5.41, 5.74) is 3.49. The summed E-state index contributed by atoms with van der Waals surface area (Å²) in [6.07, 6.45) is -1.48. The summed E-state index contributed by atoms with van der Waals surface area (Å²) in [4.78, 5) is 14.0. The molecule has 31 heavy (non-hydrogen) atoms. The SMILES string of the molecule is CC1C(=O)NN=C2COc3cc(-c4ccccc4C(F)(F)F)c(NC4CCC4)cc3N21. The maximum absolute atomic E-state index is 13.7. The third kappa shape index (κ3) is 3.37. The highest BCUT2D eigenvalue weighted by atomic mass is 19.4. The summed E-state index contributed by atoms with van der Waals surface area (Å²) in [7, 11) is 0. The molecular weight excluding hydrogens is 409 g/mol. The Hall–Kier alpha value is -3.23. The molecule has 1 amide bonds. The Kier molecular flexibility index (Phi) is 4.56. The second-order valence-corrected chi connectivity index (χ2v) is 8.02. The molecule has 0 aromatic heterocycles. The van der Waals surface area contributed by atoms with E-state index in [1.165, 1.54) is 12.1 Å². The molecule has 2 aliphatic heterocycles. The topological polar surface area (TPSA) is 66.0 Å². The average Bonchev–Trinajstić information content (AvgIpc) is 2.72. The zero-order valence-corrected chi connectivity index (χ0v) is 16.8. The number of ether oxygens (including phenoxy) is 1. The molecule has 3 aliphatic rings. The third-order valence-electron chi connectivity index (χ3n) is 6.04. The van der Waals surface area contributed by atoms with Gasteiger partial charge in [0.2, 0.25) is 0 Å². The van der Waals surface area contributed by atoms with E-state index in [0.717, 1.165) is 25.3 Å². The van der Waals surface area contributed by atoms with E-state index in [2.05, 4.69) is 15.8 Å². The number of hydrogen-bond donors (Lipinski definition) is 2. The van der Waals surface area contributed by atoms with Crippen LogP contribution in [0.2, 0.25) is 0 Å². The second kappa shape index (κ2) is 7.18. The number of fused-ring (bicyclic) bond motifs is 3. The molecule has 1 unspecified atom stereocenters.